The molecule has 1 aliphatic rings. The number of nitrogens with one attached hydrogen (secondary N) is 1. The molecule has 3 atom stereocenters. The molecule has 1 unspecified atom stereocenters. The van der Waals surface area contributed by atoms with Crippen molar-refractivity contribution in [2.45, 2.75) is 45.4 Å². The van der Waals surface area contributed by atoms with E-state index in [4.69, 9.17) is 4.74 Å². The van der Waals surface area contributed by atoms with Crippen molar-refractivity contribution in [1.29, 1.82) is 0 Å². The molecule has 1 aromatic carbocycles. The van der Waals surface area contributed by atoms with Crippen molar-refractivity contribution < 1.29 is 9.13 Å². The van der Waals surface area contributed by atoms with E-state index in [1.54, 1.807) is 13.0 Å². The lowest BCUT2D eigenvalue weighted by Crippen LogP contribution is -2.46. The third kappa shape index (κ3) is 4.50. The van der Waals surface area contributed by atoms with E-state index in [1.165, 1.54) is 0 Å². The summed E-state index contributed by atoms with van der Waals surface area (Å²) in [5.74, 6) is -0.124. The summed E-state index contributed by atoms with van der Waals surface area (Å²) in [4.78, 5) is 2.44. The fourth-order valence-electron chi connectivity index (χ4n) is 3.08. The minimum atomic E-state index is -0.124. The van der Waals surface area contributed by atoms with Gasteiger partial charge in [-0.05, 0) is 51.4 Å². The van der Waals surface area contributed by atoms with Crippen molar-refractivity contribution >= 4 is 0 Å². The molecule has 118 valence electrons. The van der Waals surface area contributed by atoms with Crippen LogP contribution in [0, 0.1) is 12.7 Å². The summed E-state index contributed by atoms with van der Waals surface area (Å²) >= 11 is 0. The zero-order valence-corrected chi connectivity index (χ0v) is 13.5. The summed E-state index contributed by atoms with van der Waals surface area (Å²) in [5.41, 5.74) is 1.72. The highest BCUT2D eigenvalue weighted by Crippen LogP contribution is 2.21. The molecule has 21 heavy (non-hydrogen) atoms. The average molecular weight is 294 g/mol. The number of aryl methyl sites for hydroxylation is 1. The largest absolute Gasteiger partial charge is 0.373 e. The smallest absolute Gasteiger partial charge is 0.126 e. The maximum atomic E-state index is 13.7. The SMILES string of the molecule is CNC(CCN1C[C@@H](C)O[C@@H](C)C1)c1ccc(C)c(F)c1. The first-order valence-electron chi connectivity index (χ1n) is 7.80. The highest BCUT2D eigenvalue weighted by Gasteiger charge is 2.22. The number of morpholine rings is 1. The predicted octanol–water partition coefficient (Wildman–Crippen LogP) is 2.89. The van der Waals surface area contributed by atoms with E-state index < -0.39 is 0 Å². The second-order valence-electron chi connectivity index (χ2n) is 6.16. The summed E-state index contributed by atoms with van der Waals surface area (Å²) in [7, 11) is 1.94. The second-order valence-corrected chi connectivity index (χ2v) is 6.16. The van der Waals surface area contributed by atoms with Crippen molar-refractivity contribution in [2.24, 2.45) is 0 Å². The Morgan fingerprint density at radius 3 is 2.57 bits per heavy atom. The Bertz CT molecular complexity index is 456. The average Bonchev–Trinajstić information content (AvgIpc) is 2.42. The lowest BCUT2D eigenvalue weighted by Gasteiger charge is -2.36. The highest BCUT2D eigenvalue weighted by molar-refractivity contribution is 5.25. The number of rotatable bonds is 5. The van der Waals surface area contributed by atoms with E-state index in [-0.39, 0.29) is 11.9 Å². The second kappa shape index (κ2) is 7.34. The molecule has 0 amide bonds. The zero-order valence-electron chi connectivity index (χ0n) is 13.5. The fraction of sp³-hybridized carbons (Fsp3) is 0.647. The molecule has 0 aromatic heterocycles. The van der Waals surface area contributed by atoms with Crippen LogP contribution in [0.15, 0.2) is 18.2 Å². The van der Waals surface area contributed by atoms with Gasteiger partial charge in [0.2, 0.25) is 0 Å². The molecule has 4 heteroatoms. The molecule has 1 N–H and O–H groups in total. The number of ether oxygens (including phenoxy) is 1. The molecule has 3 nitrogen and oxygen atoms in total. The van der Waals surface area contributed by atoms with Crippen molar-refractivity contribution in [3.05, 3.63) is 35.1 Å². The third-order valence-electron chi connectivity index (χ3n) is 4.18. The summed E-state index contributed by atoms with van der Waals surface area (Å²) in [6, 6.07) is 5.72. The van der Waals surface area contributed by atoms with Crippen LogP contribution in [-0.2, 0) is 4.74 Å². The molecular weight excluding hydrogens is 267 g/mol. The van der Waals surface area contributed by atoms with E-state index in [1.807, 2.05) is 19.2 Å². The number of nitrogens with zero attached hydrogens (tertiary/aromatic N) is 1. The van der Waals surface area contributed by atoms with E-state index in [0.717, 1.165) is 31.6 Å². The minimum Gasteiger partial charge on any atom is -0.373 e. The van der Waals surface area contributed by atoms with Crippen molar-refractivity contribution in [1.82, 2.24) is 10.2 Å². The summed E-state index contributed by atoms with van der Waals surface area (Å²) in [6.45, 7) is 8.98. The van der Waals surface area contributed by atoms with Crippen molar-refractivity contribution in [3.63, 3.8) is 0 Å². The van der Waals surface area contributed by atoms with E-state index in [9.17, 15) is 4.39 Å². The van der Waals surface area contributed by atoms with Crippen LogP contribution in [0.3, 0.4) is 0 Å². The third-order valence-corrected chi connectivity index (χ3v) is 4.18. The number of hydrogen-bond acceptors (Lipinski definition) is 3. The number of halogens is 1. The molecule has 1 fully saturated rings. The molecule has 0 aliphatic carbocycles. The van der Waals surface area contributed by atoms with Gasteiger partial charge in [-0.1, -0.05) is 12.1 Å². The monoisotopic (exact) mass is 294 g/mol. The highest BCUT2D eigenvalue weighted by atomic mass is 19.1. The molecule has 1 aliphatic heterocycles. The standard InChI is InChI=1S/C17H27FN2O/c1-12-5-6-15(9-16(12)18)17(19-4)7-8-20-10-13(2)21-14(3)11-20/h5-6,9,13-14,17,19H,7-8,10-11H2,1-4H3/t13-,14+,17?. The Kier molecular flexibility index (Phi) is 5.73. The van der Waals surface area contributed by atoms with Crippen LogP contribution < -0.4 is 5.32 Å². The predicted molar refractivity (Wildman–Crippen MR) is 84.0 cm³/mol. The zero-order chi connectivity index (χ0) is 15.4. The van der Waals surface area contributed by atoms with Gasteiger partial charge in [-0.15, -0.1) is 0 Å². The Morgan fingerprint density at radius 2 is 2.00 bits per heavy atom. The maximum Gasteiger partial charge on any atom is 0.126 e. The normalized spacial score (nSPS) is 25.0. The van der Waals surface area contributed by atoms with Crippen LogP contribution in [0.25, 0.3) is 0 Å². The molecule has 1 aromatic rings. The molecule has 1 heterocycles. The van der Waals surface area contributed by atoms with E-state index in [0.29, 0.717) is 17.8 Å². The topological polar surface area (TPSA) is 24.5 Å². The van der Waals surface area contributed by atoms with Crippen LogP contribution in [-0.4, -0.2) is 43.8 Å². The van der Waals surface area contributed by atoms with Gasteiger partial charge in [0, 0.05) is 25.7 Å². The lowest BCUT2D eigenvalue weighted by molar-refractivity contribution is -0.0685. The number of benzene rings is 1. The van der Waals surface area contributed by atoms with Gasteiger partial charge < -0.3 is 10.1 Å². The van der Waals surface area contributed by atoms with Gasteiger partial charge in [0.05, 0.1) is 12.2 Å². The van der Waals surface area contributed by atoms with Crippen LogP contribution >= 0.6 is 0 Å². The summed E-state index contributed by atoms with van der Waals surface area (Å²) in [6.07, 6.45) is 1.55. The summed E-state index contributed by atoms with van der Waals surface area (Å²) < 4.78 is 19.5. The minimum absolute atomic E-state index is 0.124. The molecule has 1 saturated heterocycles. The quantitative estimate of drug-likeness (QED) is 0.904. The van der Waals surface area contributed by atoms with Crippen molar-refractivity contribution in [3.8, 4) is 0 Å². The van der Waals surface area contributed by atoms with Gasteiger partial charge in [-0.2, -0.15) is 0 Å². The Labute approximate surface area is 127 Å². The van der Waals surface area contributed by atoms with E-state index in [2.05, 4.69) is 24.1 Å². The Morgan fingerprint density at radius 1 is 1.33 bits per heavy atom. The van der Waals surface area contributed by atoms with Crippen LogP contribution in [0.2, 0.25) is 0 Å². The lowest BCUT2D eigenvalue weighted by atomic mass is 10.0. The first-order valence-corrected chi connectivity index (χ1v) is 7.80. The molecule has 0 saturated carbocycles. The Hall–Kier alpha value is -0.970. The van der Waals surface area contributed by atoms with Gasteiger partial charge in [0.25, 0.3) is 0 Å². The van der Waals surface area contributed by atoms with Crippen LogP contribution in [0.5, 0.6) is 0 Å². The van der Waals surface area contributed by atoms with Gasteiger partial charge in [0.15, 0.2) is 0 Å². The molecule has 0 bridgehead atoms. The maximum absolute atomic E-state index is 13.7. The first-order chi connectivity index (χ1) is 9.99. The van der Waals surface area contributed by atoms with Gasteiger partial charge in [0.1, 0.15) is 5.82 Å². The fourth-order valence-corrected chi connectivity index (χ4v) is 3.08. The van der Waals surface area contributed by atoms with Crippen molar-refractivity contribution in [2.75, 3.05) is 26.7 Å². The van der Waals surface area contributed by atoms with Gasteiger partial charge in [-0.3, -0.25) is 4.90 Å². The first kappa shape index (κ1) is 16.4. The molecular formula is C17H27FN2O. The van der Waals surface area contributed by atoms with Crippen LogP contribution in [0.4, 0.5) is 4.39 Å². The molecule has 0 spiro atoms. The van der Waals surface area contributed by atoms with E-state index >= 15 is 0 Å². The molecule has 2 rings (SSSR count). The number of hydrogen-bond donors (Lipinski definition) is 1. The van der Waals surface area contributed by atoms with Gasteiger partial charge >= 0.3 is 0 Å². The van der Waals surface area contributed by atoms with Gasteiger partial charge in [-0.25, -0.2) is 4.39 Å². The van der Waals surface area contributed by atoms with Crippen LogP contribution in [0.1, 0.15) is 37.4 Å². The molecule has 0 radical (unpaired) electrons. The Balaban J connectivity index is 1.94. The summed E-state index contributed by atoms with van der Waals surface area (Å²) in [5, 5.41) is 3.30.